The Morgan fingerprint density at radius 3 is 2.83 bits per heavy atom. The molecule has 0 spiro atoms. The molecule has 2 aromatic rings. The van der Waals surface area contributed by atoms with Gasteiger partial charge in [-0.15, -0.1) is 0 Å². The molecule has 0 radical (unpaired) electrons. The largest absolute Gasteiger partial charge is 0.352 e. The lowest BCUT2D eigenvalue weighted by molar-refractivity contribution is 0.532. The van der Waals surface area contributed by atoms with E-state index in [9.17, 15) is 4.39 Å². The molecule has 0 aliphatic heterocycles. The molecule has 0 saturated heterocycles. The Hall–Kier alpha value is -2.35. The highest BCUT2D eigenvalue weighted by Gasteiger charge is 2.06. The van der Waals surface area contributed by atoms with Gasteiger partial charge in [0.15, 0.2) is 0 Å². The van der Waals surface area contributed by atoms with Crippen molar-refractivity contribution in [3.8, 4) is 6.07 Å². The van der Waals surface area contributed by atoms with E-state index in [1.165, 1.54) is 12.1 Å². The summed E-state index contributed by atoms with van der Waals surface area (Å²) < 4.78 is 14.8. The molecule has 92 valence electrons. The minimum Gasteiger partial charge on any atom is -0.352 e. The summed E-state index contributed by atoms with van der Waals surface area (Å²) in [4.78, 5) is 0. The van der Waals surface area contributed by atoms with Crippen LogP contribution in [0.25, 0.3) is 0 Å². The fourth-order valence-electron chi connectivity index (χ4n) is 1.56. The molecule has 1 N–H and O–H groups in total. The summed E-state index contributed by atoms with van der Waals surface area (Å²) >= 11 is 0. The molecule has 0 unspecified atom stereocenters. The molecule has 0 saturated carbocycles. The Labute approximate surface area is 105 Å². The van der Waals surface area contributed by atoms with Crippen molar-refractivity contribution in [2.75, 3.05) is 5.32 Å². The molecule has 0 amide bonds. The maximum absolute atomic E-state index is 13.0. The van der Waals surface area contributed by atoms with E-state index in [0.29, 0.717) is 5.69 Å². The summed E-state index contributed by atoms with van der Waals surface area (Å²) in [6.07, 6.45) is 3.51. The maximum Gasteiger partial charge on any atom is 0.124 e. The molecule has 4 nitrogen and oxygen atoms in total. The van der Waals surface area contributed by atoms with E-state index < -0.39 is 5.82 Å². The third-order valence-electron chi connectivity index (χ3n) is 2.51. The van der Waals surface area contributed by atoms with Gasteiger partial charge in [-0.1, -0.05) is 0 Å². The second-order valence-electron chi connectivity index (χ2n) is 4.23. The second kappa shape index (κ2) is 4.88. The van der Waals surface area contributed by atoms with Crippen LogP contribution in [0, 0.1) is 17.1 Å². The van der Waals surface area contributed by atoms with Crippen molar-refractivity contribution in [3.05, 3.63) is 42.0 Å². The fraction of sp³-hybridized carbons (Fsp3) is 0.231. The SMILES string of the molecule is CC(C)n1cc(Nc2ccc(F)cc2C#N)cn1. The van der Waals surface area contributed by atoms with E-state index in [2.05, 4.69) is 10.4 Å². The number of hydrogen-bond acceptors (Lipinski definition) is 3. The number of hydrogen-bond donors (Lipinski definition) is 1. The van der Waals surface area contributed by atoms with Crippen LogP contribution >= 0.6 is 0 Å². The van der Waals surface area contributed by atoms with Crippen molar-refractivity contribution < 1.29 is 4.39 Å². The Morgan fingerprint density at radius 2 is 2.22 bits per heavy atom. The van der Waals surface area contributed by atoms with Crippen LogP contribution in [0.5, 0.6) is 0 Å². The Bertz CT molecular complexity index is 595. The average molecular weight is 244 g/mol. The number of halogens is 1. The standard InChI is InChI=1S/C13H13FN4/c1-9(2)18-8-12(7-16-18)17-13-4-3-11(14)5-10(13)6-15/h3-5,7-9,17H,1-2H3. The van der Waals surface area contributed by atoms with Crippen molar-refractivity contribution in [3.63, 3.8) is 0 Å². The van der Waals surface area contributed by atoms with Crippen LogP contribution in [-0.4, -0.2) is 9.78 Å². The van der Waals surface area contributed by atoms with E-state index in [4.69, 9.17) is 5.26 Å². The summed E-state index contributed by atoms with van der Waals surface area (Å²) in [5.41, 5.74) is 1.61. The highest BCUT2D eigenvalue weighted by Crippen LogP contribution is 2.21. The monoisotopic (exact) mass is 244 g/mol. The van der Waals surface area contributed by atoms with Crippen LogP contribution in [-0.2, 0) is 0 Å². The third-order valence-corrected chi connectivity index (χ3v) is 2.51. The lowest BCUT2D eigenvalue weighted by Gasteiger charge is -2.06. The molecule has 1 aromatic heterocycles. The summed E-state index contributed by atoms with van der Waals surface area (Å²) in [6.45, 7) is 4.05. The van der Waals surface area contributed by atoms with Gasteiger partial charge in [0.1, 0.15) is 11.9 Å². The topological polar surface area (TPSA) is 53.6 Å². The van der Waals surface area contributed by atoms with Crippen molar-refractivity contribution in [2.24, 2.45) is 0 Å². The van der Waals surface area contributed by atoms with Gasteiger partial charge >= 0.3 is 0 Å². The van der Waals surface area contributed by atoms with Crippen molar-refractivity contribution in [1.29, 1.82) is 5.26 Å². The van der Waals surface area contributed by atoms with Crippen LogP contribution in [0.1, 0.15) is 25.5 Å². The van der Waals surface area contributed by atoms with Crippen LogP contribution in [0.15, 0.2) is 30.6 Å². The molecular weight excluding hydrogens is 231 g/mol. The molecule has 0 atom stereocenters. The van der Waals surface area contributed by atoms with Crippen LogP contribution in [0.3, 0.4) is 0 Å². The molecule has 18 heavy (non-hydrogen) atoms. The Morgan fingerprint density at radius 1 is 1.44 bits per heavy atom. The van der Waals surface area contributed by atoms with Crippen LogP contribution in [0.4, 0.5) is 15.8 Å². The van der Waals surface area contributed by atoms with E-state index in [1.54, 1.807) is 16.9 Å². The van der Waals surface area contributed by atoms with E-state index in [1.807, 2.05) is 26.1 Å². The Balaban J connectivity index is 2.26. The van der Waals surface area contributed by atoms with Gasteiger partial charge in [-0.25, -0.2) is 4.39 Å². The molecular formula is C13H13FN4. The van der Waals surface area contributed by atoms with E-state index in [0.717, 1.165) is 5.69 Å². The molecule has 5 heteroatoms. The zero-order valence-corrected chi connectivity index (χ0v) is 10.2. The van der Waals surface area contributed by atoms with Crippen LogP contribution in [0.2, 0.25) is 0 Å². The second-order valence-corrected chi connectivity index (χ2v) is 4.23. The van der Waals surface area contributed by atoms with E-state index in [-0.39, 0.29) is 11.6 Å². The first-order valence-electron chi connectivity index (χ1n) is 5.61. The number of nitrogens with one attached hydrogen (secondary N) is 1. The third kappa shape index (κ3) is 2.48. The zero-order chi connectivity index (χ0) is 13.1. The average Bonchev–Trinajstić information content (AvgIpc) is 2.80. The number of nitriles is 1. The smallest absolute Gasteiger partial charge is 0.124 e. The molecule has 0 aliphatic carbocycles. The van der Waals surface area contributed by atoms with Crippen molar-refractivity contribution in [1.82, 2.24) is 9.78 Å². The number of benzene rings is 1. The van der Waals surface area contributed by atoms with Gasteiger partial charge in [-0.05, 0) is 32.0 Å². The molecule has 0 fully saturated rings. The molecule has 0 aliphatic rings. The fourth-order valence-corrected chi connectivity index (χ4v) is 1.56. The summed E-state index contributed by atoms with van der Waals surface area (Å²) in [6, 6.07) is 6.29. The van der Waals surface area contributed by atoms with Gasteiger partial charge in [0.25, 0.3) is 0 Å². The number of anilines is 2. The predicted molar refractivity (Wildman–Crippen MR) is 67.0 cm³/mol. The number of rotatable bonds is 3. The van der Waals surface area contributed by atoms with Crippen molar-refractivity contribution >= 4 is 11.4 Å². The quantitative estimate of drug-likeness (QED) is 0.901. The predicted octanol–water partition coefficient (Wildman–Crippen LogP) is 3.22. The van der Waals surface area contributed by atoms with Gasteiger partial charge in [0, 0.05) is 12.2 Å². The van der Waals surface area contributed by atoms with Gasteiger partial charge in [-0.2, -0.15) is 10.4 Å². The summed E-state index contributed by atoms with van der Waals surface area (Å²) in [5, 5.41) is 16.2. The zero-order valence-electron chi connectivity index (χ0n) is 10.2. The lowest BCUT2D eigenvalue weighted by atomic mass is 10.2. The first-order chi connectivity index (χ1) is 8.60. The van der Waals surface area contributed by atoms with Crippen molar-refractivity contribution in [2.45, 2.75) is 19.9 Å². The summed E-state index contributed by atoms with van der Waals surface area (Å²) in [5.74, 6) is -0.421. The van der Waals surface area contributed by atoms with E-state index >= 15 is 0 Å². The molecule has 0 bridgehead atoms. The number of nitrogens with zero attached hydrogens (tertiary/aromatic N) is 3. The van der Waals surface area contributed by atoms with Gasteiger partial charge < -0.3 is 5.32 Å². The molecule has 1 aromatic carbocycles. The number of aromatic nitrogens is 2. The minimum absolute atomic E-state index is 0.268. The van der Waals surface area contributed by atoms with Crippen LogP contribution < -0.4 is 5.32 Å². The van der Waals surface area contributed by atoms with Gasteiger partial charge in [-0.3, -0.25) is 4.68 Å². The van der Waals surface area contributed by atoms with Gasteiger partial charge in [0.05, 0.1) is 23.1 Å². The Kier molecular flexibility index (Phi) is 3.28. The first kappa shape index (κ1) is 12.1. The summed E-state index contributed by atoms with van der Waals surface area (Å²) in [7, 11) is 0. The minimum atomic E-state index is -0.421. The normalized spacial score (nSPS) is 10.4. The molecule has 2 rings (SSSR count). The highest BCUT2D eigenvalue weighted by atomic mass is 19.1. The van der Waals surface area contributed by atoms with Gasteiger partial charge in [0.2, 0.25) is 0 Å². The molecule has 1 heterocycles. The lowest BCUT2D eigenvalue weighted by Crippen LogP contribution is -2.00. The highest BCUT2D eigenvalue weighted by molar-refractivity contribution is 5.65. The maximum atomic E-state index is 13.0. The first-order valence-corrected chi connectivity index (χ1v) is 5.61.